The number of hydroxylamine groups is 1. The van der Waals surface area contributed by atoms with E-state index in [-0.39, 0.29) is 6.42 Å². The van der Waals surface area contributed by atoms with Crippen LogP contribution in [0.4, 0.5) is 4.39 Å². The molecule has 1 aromatic rings. The van der Waals surface area contributed by atoms with E-state index in [1.165, 1.54) is 6.08 Å². The molecule has 0 aliphatic carbocycles. The Kier molecular flexibility index (Phi) is 14.1. The quantitative estimate of drug-likeness (QED) is 0.190. The highest BCUT2D eigenvalue weighted by atomic mass is 35.5. The standard InChI is InChI=1S/C28H38ClFN2O3/c1-6-22(10-8-12-27(33)34)15-16-28(3,35-31-4)17-19-32(5)21-23-13-14-25(26(29)20-23)24(7-2)11-9-18-30/h6-11,13-14,18,20,31H,2,12,15-17,19,21H2,1,3-5H3,(H,33,34)/b10-8-,18-9+,22-6+,24-11+. The van der Waals surface area contributed by atoms with Gasteiger partial charge in [0.25, 0.3) is 0 Å². The minimum absolute atomic E-state index is 0.0112. The zero-order chi connectivity index (χ0) is 26.3. The number of aliphatic carboxylic acids is 1. The van der Waals surface area contributed by atoms with Gasteiger partial charge in [-0.1, -0.05) is 66.3 Å². The number of carbonyl (C=O) groups is 1. The molecule has 1 atom stereocenters. The van der Waals surface area contributed by atoms with E-state index in [0.717, 1.165) is 48.1 Å². The van der Waals surface area contributed by atoms with Gasteiger partial charge in [-0.15, -0.1) is 0 Å². The van der Waals surface area contributed by atoms with Crippen molar-refractivity contribution in [2.24, 2.45) is 0 Å². The van der Waals surface area contributed by atoms with Gasteiger partial charge in [0.1, 0.15) is 0 Å². The molecule has 0 aromatic heterocycles. The van der Waals surface area contributed by atoms with Crippen molar-refractivity contribution in [3.8, 4) is 0 Å². The smallest absolute Gasteiger partial charge is 0.307 e. The number of carboxylic acid groups (broad SMARTS) is 1. The molecule has 1 aromatic carbocycles. The van der Waals surface area contributed by atoms with Gasteiger partial charge < -0.3 is 10.0 Å². The summed E-state index contributed by atoms with van der Waals surface area (Å²) in [5.41, 5.74) is 6.14. The number of benzene rings is 1. The zero-order valence-electron chi connectivity index (χ0n) is 21.2. The SMILES string of the molecule is C=C/C(=C\C=C\F)c1ccc(CN(C)CCC(C)(CCC(/C=C\CC(=O)O)=C/C)ONC)cc1Cl. The molecule has 0 heterocycles. The number of hydrogen-bond acceptors (Lipinski definition) is 4. The number of allylic oxidation sites excluding steroid dienone is 7. The van der Waals surface area contributed by atoms with E-state index in [1.807, 2.05) is 37.3 Å². The Labute approximate surface area is 214 Å². The Bertz CT molecular complexity index is 956. The predicted molar refractivity (Wildman–Crippen MR) is 144 cm³/mol. The van der Waals surface area contributed by atoms with Gasteiger partial charge in [-0.2, -0.15) is 0 Å². The van der Waals surface area contributed by atoms with Gasteiger partial charge in [0.15, 0.2) is 0 Å². The summed E-state index contributed by atoms with van der Waals surface area (Å²) in [4.78, 5) is 18.8. The largest absolute Gasteiger partial charge is 0.481 e. The van der Waals surface area contributed by atoms with Gasteiger partial charge in [-0.05, 0) is 63.4 Å². The first kappa shape index (κ1) is 30.5. The molecular formula is C28H38ClFN2O3. The third-order valence-corrected chi connectivity index (χ3v) is 5.99. The van der Waals surface area contributed by atoms with Gasteiger partial charge in [-0.25, -0.2) is 9.87 Å². The molecule has 0 fully saturated rings. The van der Waals surface area contributed by atoms with Gasteiger partial charge >= 0.3 is 5.97 Å². The predicted octanol–water partition coefficient (Wildman–Crippen LogP) is 6.88. The fourth-order valence-electron chi connectivity index (χ4n) is 3.63. The number of nitrogens with one attached hydrogen (secondary N) is 1. The van der Waals surface area contributed by atoms with Crippen molar-refractivity contribution in [1.29, 1.82) is 0 Å². The Morgan fingerprint density at radius 3 is 2.69 bits per heavy atom. The molecule has 5 nitrogen and oxygen atoms in total. The van der Waals surface area contributed by atoms with Crippen LogP contribution in [0.25, 0.3) is 5.57 Å². The third kappa shape index (κ3) is 11.6. The molecule has 192 valence electrons. The molecule has 2 N–H and O–H groups in total. The van der Waals surface area contributed by atoms with Crippen LogP contribution in [0, 0.1) is 0 Å². The van der Waals surface area contributed by atoms with Gasteiger partial charge in [0.05, 0.1) is 18.4 Å². The van der Waals surface area contributed by atoms with Crippen molar-refractivity contribution in [3.05, 3.63) is 89.3 Å². The lowest BCUT2D eigenvalue weighted by atomic mass is 9.92. The van der Waals surface area contributed by atoms with E-state index in [1.54, 1.807) is 25.3 Å². The summed E-state index contributed by atoms with van der Waals surface area (Å²) in [6.45, 7) is 9.32. The van der Waals surface area contributed by atoms with Crippen molar-refractivity contribution in [1.82, 2.24) is 10.4 Å². The third-order valence-electron chi connectivity index (χ3n) is 5.67. The van der Waals surface area contributed by atoms with Crippen molar-refractivity contribution in [2.45, 2.75) is 51.7 Å². The molecule has 0 amide bonds. The lowest BCUT2D eigenvalue weighted by Crippen LogP contribution is -2.37. The molecule has 1 unspecified atom stereocenters. The fraction of sp³-hybridized carbons (Fsp3) is 0.393. The van der Waals surface area contributed by atoms with Crippen LogP contribution in [0.1, 0.15) is 50.7 Å². The number of halogens is 2. The van der Waals surface area contributed by atoms with Crippen LogP contribution in [0.5, 0.6) is 0 Å². The molecule has 0 bridgehead atoms. The minimum Gasteiger partial charge on any atom is -0.481 e. The minimum atomic E-state index is -0.842. The van der Waals surface area contributed by atoms with Gasteiger partial charge in [0.2, 0.25) is 0 Å². The lowest BCUT2D eigenvalue weighted by Gasteiger charge is -2.31. The highest BCUT2D eigenvalue weighted by Crippen LogP contribution is 2.28. The first-order chi connectivity index (χ1) is 16.7. The summed E-state index contributed by atoms with van der Waals surface area (Å²) in [6, 6.07) is 5.87. The molecule has 0 aliphatic heterocycles. The fourth-order valence-corrected chi connectivity index (χ4v) is 3.95. The normalized spacial score (nSPS) is 14.7. The van der Waals surface area contributed by atoms with Gasteiger partial charge in [-0.3, -0.25) is 9.63 Å². The summed E-state index contributed by atoms with van der Waals surface area (Å²) < 4.78 is 12.4. The first-order valence-corrected chi connectivity index (χ1v) is 12.0. The van der Waals surface area contributed by atoms with E-state index in [2.05, 4.69) is 30.9 Å². The Hall–Kier alpha value is -2.51. The average molecular weight is 505 g/mol. The molecular weight excluding hydrogens is 467 g/mol. The number of carboxylic acids is 1. The lowest BCUT2D eigenvalue weighted by molar-refractivity contribution is -0.136. The van der Waals surface area contributed by atoms with Crippen molar-refractivity contribution in [2.75, 3.05) is 20.6 Å². The number of hydrogen-bond donors (Lipinski definition) is 2. The maximum Gasteiger partial charge on any atom is 0.307 e. The van der Waals surface area contributed by atoms with Crippen LogP contribution in [-0.2, 0) is 16.2 Å². The molecule has 7 heteroatoms. The first-order valence-electron chi connectivity index (χ1n) is 11.6. The Balaban J connectivity index is 2.76. The maximum absolute atomic E-state index is 12.4. The number of rotatable bonds is 16. The monoisotopic (exact) mass is 504 g/mol. The second-order valence-electron chi connectivity index (χ2n) is 8.57. The summed E-state index contributed by atoms with van der Waals surface area (Å²) in [5, 5.41) is 9.41. The summed E-state index contributed by atoms with van der Waals surface area (Å²) in [6.07, 6.45) is 13.0. The second kappa shape index (κ2) is 16.2. The van der Waals surface area contributed by atoms with Gasteiger partial charge in [0, 0.05) is 30.7 Å². The van der Waals surface area contributed by atoms with Crippen LogP contribution in [0.3, 0.4) is 0 Å². The van der Waals surface area contributed by atoms with Crippen LogP contribution in [0.2, 0.25) is 5.02 Å². The maximum atomic E-state index is 12.4. The van der Waals surface area contributed by atoms with Crippen molar-refractivity contribution >= 4 is 23.1 Å². The molecule has 0 radical (unpaired) electrons. The van der Waals surface area contributed by atoms with Crippen LogP contribution < -0.4 is 5.48 Å². The van der Waals surface area contributed by atoms with E-state index in [9.17, 15) is 9.18 Å². The number of nitrogens with zero attached hydrogens (tertiary/aromatic N) is 1. The molecule has 0 spiro atoms. The molecule has 0 saturated carbocycles. The van der Waals surface area contributed by atoms with Crippen molar-refractivity contribution in [3.63, 3.8) is 0 Å². The molecule has 0 aliphatic rings. The van der Waals surface area contributed by atoms with Crippen LogP contribution >= 0.6 is 11.6 Å². The topological polar surface area (TPSA) is 61.8 Å². The summed E-state index contributed by atoms with van der Waals surface area (Å²) in [5.74, 6) is -0.842. The van der Waals surface area contributed by atoms with Crippen LogP contribution in [0.15, 0.2) is 73.1 Å². The van der Waals surface area contributed by atoms with E-state index in [0.29, 0.717) is 17.9 Å². The van der Waals surface area contributed by atoms with Crippen molar-refractivity contribution < 1.29 is 19.1 Å². The summed E-state index contributed by atoms with van der Waals surface area (Å²) >= 11 is 6.50. The average Bonchev–Trinajstić information content (AvgIpc) is 2.81. The second-order valence-corrected chi connectivity index (χ2v) is 8.97. The molecule has 0 saturated heterocycles. The van der Waals surface area contributed by atoms with E-state index < -0.39 is 11.6 Å². The Morgan fingerprint density at radius 2 is 2.11 bits per heavy atom. The van der Waals surface area contributed by atoms with E-state index in [4.69, 9.17) is 21.5 Å². The zero-order valence-corrected chi connectivity index (χ0v) is 21.9. The summed E-state index contributed by atoms with van der Waals surface area (Å²) in [7, 11) is 3.80. The Morgan fingerprint density at radius 1 is 1.37 bits per heavy atom. The van der Waals surface area contributed by atoms with E-state index >= 15 is 0 Å². The molecule has 1 rings (SSSR count). The highest BCUT2D eigenvalue weighted by molar-refractivity contribution is 6.32. The van der Waals surface area contributed by atoms with Crippen LogP contribution in [-0.4, -0.2) is 42.2 Å². The molecule has 35 heavy (non-hydrogen) atoms. The highest BCUT2D eigenvalue weighted by Gasteiger charge is 2.26.